The van der Waals surface area contributed by atoms with Crippen LogP contribution in [-0.2, 0) is 14.4 Å². The first kappa shape index (κ1) is 39.0. The molecule has 0 saturated heterocycles. The fraction of sp³-hybridized carbons (Fsp3) is 0.389. The fourth-order valence-electron chi connectivity index (χ4n) is 4.20. The molecule has 45 heavy (non-hydrogen) atoms. The van der Waals surface area contributed by atoms with Gasteiger partial charge in [0.15, 0.2) is 0 Å². The van der Waals surface area contributed by atoms with Crippen molar-refractivity contribution in [1.82, 2.24) is 0 Å². The Morgan fingerprint density at radius 3 is 1.69 bits per heavy atom. The normalized spacial score (nSPS) is 9.89. The Hall–Kier alpha value is -4.03. The van der Waals surface area contributed by atoms with Crippen LogP contribution in [0.2, 0.25) is 0 Å². The fourth-order valence-corrected chi connectivity index (χ4v) is 4.49. The second-order valence-corrected chi connectivity index (χ2v) is 10.5. The largest absolute Gasteiger partial charge is 0.483 e. The molecule has 0 fully saturated rings. The molecule has 0 aliphatic heterocycles. The second-order valence-electron chi connectivity index (χ2n) is 9.88. The number of aryl methyl sites for hydroxylation is 1. The van der Waals surface area contributed by atoms with Crippen molar-refractivity contribution in [1.29, 1.82) is 0 Å². The number of esters is 3. The summed E-state index contributed by atoms with van der Waals surface area (Å²) in [7, 11) is 2.70. The van der Waals surface area contributed by atoms with Crippen molar-refractivity contribution in [3.05, 3.63) is 77.9 Å². The first-order chi connectivity index (χ1) is 21.8. The third-order valence-electron chi connectivity index (χ3n) is 6.45. The molecular weight excluding hydrogens is 591 g/mol. The van der Waals surface area contributed by atoms with Crippen LogP contribution in [0, 0.1) is 6.92 Å². The highest BCUT2D eigenvalue weighted by Crippen LogP contribution is 2.29. The zero-order valence-electron chi connectivity index (χ0n) is 26.9. The van der Waals surface area contributed by atoms with Crippen LogP contribution in [0.25, 0.3) is 11.1 Å². The highest BCUT2D eigenvalue weighted by Gasteiger charge is 2.12. The third-order valence-corrected chi connectivity index (χ3v) is 6.85. The Labute approximate surface area is 269 Å². The molecule has 9 heteroatoms. The van der Waals surface area contributed by atoms with E-state index >= 15 is 0 Å². The van der Waals surface area contributed by atoms with E-state index in [1.807, 2.05) is 45.0 Å². The lowest BCUT2D eigenvalue weighted by molar-refractivity contribution is -0.135. The SMILES string of the molecule is CC.CCCCCCC(=O)Oc1ccc(C(=O)Oc2ccc(-c3ccc(OC(=O)CCCCCP)cc3)c(C)c2)cc1.O=CO. The molecule has 1 unspecified atom stereocenters. The minimum absolute atomic E-state index is 0.215. The van der Waals surface area contributed by atoms with E-state index in [0.29, 0.717) is 35.7 Å². The van der Waals surface area contributed by atoms with Crippen molar-refractivity contribution in [2.45, 2.75) is 85.5 Å². The van der Waals surface area contributed by atoms with Gasteiger partial charge in [-0.25, -0.2) is 4.79 Å². The van der Waals surface area contributed by atoms with Gasteiger partial charge in [-0.3, -0.25) is 14.4 Å². The van der Waals surface area contributed by atoms with Gasteiger partial charge in [-0.1, -0.05) is 64.7 Å². The maximum absolute atomic E-state index is 12.7. The number of hydrogen-bond donors (Lipinski definition) is 1. The second kappa shape index (κ2) is 23.4. The Morgan fingerprint density at radius 1 is 0.711 bits per heavy atom. The molecule has 0 aromatic heterocycles. The smallest absolute Gasteiger partial charge is 0.343 e. The van der Waals surface area contributed by atoms with Crippen molar-refractivity contribution in [3.63, 3.8) is 0 Å². The molecule has 3 rings (SSSR count). The molecule has 0 saturated carbocycles. The molecule has 0 radical (unpaired) electrons. The van der Waals surface area contributed by atoms with Gasteiger partial charge in [0.1, 0.15) is 17.2 Å². The van der Waals surface area contributed by atoms with Gasteiger partial charge >= 0.3 is 17.9 Å². The van der Waals surface area contributed by atoms with Crippen LogP contribution in [0.4, 0.5) is 0 Å². The first-order valence-electron chi connectivity index (χ1n) is 15.5. The maximum atomic E-state index is 12.7. The van der Waals surface area contributed by atoms with E-state index in [2.05, 4.69) is 16.2 Å². The summed E-state index contributed by atoms with van der Waals surface area (Å²) in [4.78, 5) is 45.0. The van der Waals surface area contributed by atoms with Crippen LogP contribution < -0.4 is 14.2 Å². The molecule has 3 aromatic carbocycles. The number of carbonyl (C=O) groups is 4. The van der Waals surface area contributed by atoms with Crippen molar-refractivity contribution >= 4 is 33.6 Å². The summed E-state index contributed by atoms with van der Waals surface area (Å²) >= 11 is 0. The number of carboxylic acid groups (broad SMARTS) is 1. The van der Waals surface area contributed by atoms with E-state index in [9.17, 15) is 14.4 Å². The summed E-state index contributed by atoms with van der Waals surface area (Å²) in [5.74, 6) is 0.382. The molecule has 1 atom stereocenters. The first-order valence-corrected chi connectivity index (χ1v) is 16.4. The maximum Gasteiger partial charge on any atom is 0.343 e. The van der Waals surface area contributed by atoms with E-state index < -0.39 is 5.97 Å². The zero-order chi connectivity index (χ0) is 33.5. The molecule has 0 heterocycles. The molecule has 0 bridgehead atoms. The lowest BCUT2D eigenvalue weighted by atomic mass is 10.0. The Morgan fingerprint density at radius 2 is 1.20 bits per heavy atom. The van der Waals surface area contributed by atoms with Gasteiger partial charge in [0, 0.05) is 12.8 Å². The van der Waals surface area contributed by atoms with E-state index in [-0.39, 0.29) is 18.4 Å². The number of rotatable bonds is 15. The molecule has 0 aliphatic carbocycles. The number of benzene rings is 3. The molecular formula is C36H47O8P. The van der Waals surface area contributed by atoms with Crippen LogP contribution in [0.5, 0.6) is 17.2 Å². The molecule has 8 nitrogen and oxygen atoms in total. The lowest BCUT2D eigenvalue weighted by Crippen LogP contribution is -2.10. The predicted octanol–water partition coefficient (Wildman–Crippen LogP) is 8.82. The minimum Gasteiger partial charge on any atom is -0.483 e. The number of hydrogen-bond acceptors (Lipinski definition) is 7. The molecule has 244 valence electrons. The summed E-state index contributed by atoms with van der Waals surface area (Å²) in [5, 5.41) is 6.89. The average Bonchev–Trinajstić information content (AvgIpc) is 3.04. The summed E-state index contributed by atoms with van der Waals surface area (Å²) in [6.07, 6.45) is 8.85. The minimum atomic E-state index is -0.496. The highest BCUT2D eigenvalue weighted by atomic mass is 31.0. The summed E-state index contributed by atoms with van der Waals surface area (Å²) < 4.78 is 16.4. The Kier molecular flexibility index (Phi) is 20.2. The van der Waals surface area contributed by atoms with Gasteiger partial charge in [-0.15, -0.1) is 9.24 Å². The quantitative estimate of drug-likeness (QED) is 0.0577. The molecule has 0 amide bonds. The highest BCUT2D eigenvalue weighted by molar-refractivity contribution is 7.16. The van der Waals surface area contributed by atoms with Crippen molar-refractivity contribution < 1.29 is 38.5 Å². The van der Waals surface area contributed by atoms with Gasteiger partial charge < -0.3 is 19.3 Å². The Bertz CT molecular complexity index is 1300. The van der Waals surface area contributed by atoms with Gasteiger partial charge in [0.2, 0.25) is 0 Å². The molecule has 1 N–H and O–H groups in total. The van der Waals surface area contributed by atoms with Crippen molar-refractivity contribution in [3.8, 4) is 28.4 Å². The molecule has 0 spiro atoms. The van der Waals surface area contributed by atoms with E-state index in [0.717, 1.165) is 67.8 Å². The molecule has 0 aliphatic rings. The molecule has 3 aromatic rings. The van der Waals surface area contributed by atoms with E-state index in [1.165, 1.54) is 0 Å². The van der Waals surface area contributed by atoms with Crippen LogP contribution in [-0.4, -0.2) is 35.6 Å². The summed E-state index contributed by atoms with van der Waals surface area (Å²) in [6.45, 7) is 7.82. The van der Waals surface area contributed by atoms with Crippen molar-refractivity contribution in [2.75, 3.05) is 6.16 Å². The Balaban J connectivity index is 0.00000191. The zero-order valence-corrected chi connectivity index (χ0v) is 28.0. The van der Waals surface area contributed by atoms with E-state index in [1.54, 1.807) is 42.5 Å². The van der Waals surface area contributed by atoms with Crippen LogP contribution in [0.15, 0.2) is 66.7 Å². The summed E-state index contributed by atoms with van der Waals surface area (Å²) in [5.41, 5.74) is 3.24. The summed E-state index contributed by atoms with van der Waals surface area (Å²) in [6, 6.07) is 19.2. The third kappa shape index (κ3) is 15.5. The predicted molar refractivity (Wildman–Crippen MR) is 181 cm³/mol. The topological polar surface area (TPSA) is 116 Å². The van der Waals surface area contributed by atoms with Gasteiger partial charge in [0.25, 0.3) is 6.47 Å². The van der Waals surface area contributed by atoms with E-state index in [4.69, 9.17) is 24.1 Å². The lowest BCUT2D eigenvalue weighted by Gasteiger charge is -2.11. The number of carbonyl (C=O) groups excluding carboxylic acids is 3. The number of ether oxygens (including phenoxy) is 3. The monoisotopic (exact) mass is 638 g/mol. The van der Waals surface area contributed by atoms with Crippen LogP contribution in [0.3, 0.4) is 0 Å². The van der Waals surface area contributed by atoms with Crippen molar-refractivity contribution in [2.24, 2.45) is 0 Å². The van der Waals surface area contributed by atoms with Gasteiger partial charge in [-0.05, 0) is 97.6 Å². The average molecular weight is 639 g/mol. The van der Waals surface area contributed by atoms with Crippen LogP contribution >= 0.6 is 9.24 Å². The van der Waals surface area contributed by atoms with Crippen LogP contribution in [0.1, 0.15) is 94.5 Å². The number of unbranched alkanes of at least 4 members (excludes halogenated alkanes) is 5. The van der Waals surface area contributed by atoms with Gasteiger partial charge in [-0.2, -0.15) is 0 Å². The standard InChI is InChI=1S/C33H39O6P.C2H6.CH2O2/c1-3-4-5-7-10-31(34)38-28-18-14-26(15-19-28)33(36)39-29-20-21-30(24(2)23-29)25-12-16-27(17-13-25)37-32(35)11-8-6-9-22-40;1-2;2-1-3/h12-21,23H,3-11,22,40H2,1-2H3;1-2H3;1H,(H,2,3). The van der Waals surface area contributed by atoms with Gasteiger partial charge in [0.05, 0.1) is 5.56 Å².